The van der Waals surface area contributed by atoms with Crippen molar-refractivity contribution >= 4 is 17.5 Å². The summed E-state index contributed by atoms with van der Waals surface area (Å²) < 4.78 is 5.89. The van der Waals surface area contributed by atoms with Crippen molar-refractivity contribution in [2.24, 2.45) is 0 Å². The monoisotopic (exact) mass is 441 g/mol. The van der Waals surface area contributed by atoms with Gasteiger partial charge in [-0.15, -0.1) is 0 Å². The molecule has 0 spiro atoms. The molecular formula is C26H27N5O2. The van der Waals surface area contributed by atoms with Crippen molar-refractivity contribution in [2.45, 2.75) is 6.42 Å². The van der Waals surface area contributed by atoms with E-state index in [9.17, 15) is 4.79 Å². The van der Waals surface area contributed by atoms with Gasteiger partial charge in [-0.05, 0) is 55.4 Å². The van der Waals surface area contributed by atoms with E-state index in [2.05, 4.69) is 33.3 Å². The van der Waals surface area contributed by atoms with Crippen molar-refractivity contribution in [1.29, 1.82) is 0 Å². The fourth-order valence-corrected chi connectivity index (χ4v) is 4.08. The number of hydrogen-bond acceptors (Lipinski definition) is 6. The van der Waals surface area contributed by atoms with Crippen LogP contribution in [0.15, 0.2) is 66.9 Å². The van der Waals surface area contributed by atoms with Crippen LogP contribution < -0.4 is 10.1 Å². The molecule has 2 aromatic carbocycles. The summed E-state index contributed by atoms with van der Waals surface area (Å²) in [5.41, 5.74) is 4.27. The number of carbonyl (C=O) groups is 1. The third-order valence-electron chi connectivity index (χ3n) is 5.94. The maximum atomic E-state index is 13.3. The highest BCUT2D eigenvalue weighted by atomic mass is 16.5. The highest BCUT2D eigenvalue weighted by Crippen LogP contribution is 2.25. The molecule has 168 valence electrons. The molecule has 33 heavy (non-hydrogen) atoms. The Morgan fingerprint density at radius 3 is 2.79 bits per heavy atom. The van der Waals surface area contributed by atoms with Crippen molar-refractivity contribution in [1.82, 2.24) is 19.8 Å². The molecule has 0 radical (unpaired) electrons. The van der Waals surface area contributed by atoms with Crippen LogP contribution in [-0.2, 0) is 6.42 Å². The lowest BCUT2D eigenvalue weighted by atomic mass is 10.0. The Bertz CT molecular complexity index is 1180. The Morgan fingerprint density at radius 2 is 1.91 bits per heavy atom. The number of hydrogen-bond donors (Lipinski definition) is 1. The van der Waals surface area contributed by atoms with Crippen LogP contribution in [0.3, 0.4) is 0 Å². The lowest BCUT2D eigenvalue weighted by Gasteiger charge is -2.32. The van der Waals surface area contributed by atoms with Crippen molar-refractivity contribution in [3.63, 3.8) is 0 Å². The molecule has 5 rings (SSSR count). The summed E-state index contributed by atoms with van der Waals surface area (Å²) >= 11 is 0. The van der Waals surface area contributed by atoms with E-state index in [4.69, 9.17) is 4.74 Å². The maximum Gasteiger partial charge on any atom is 0.254 e. The summed E-state index contributed by atoms with van der Waals surface area (Å²) in [6.07, 6.45) is 6.51. The minimum absolute atomic E-state index is 0.0592. The molecule has 3 aromatic rings. The van der Waals surface area contributed by atoms with Gasteiger partial charge in [-0.2, -0.15) is 0 Å². The van der Waals surface area contributed by atoms with Crippen LogP contribution in [0.25, 0.3) is 11.3 Å². The number of benzene rings is 2. The SMILES string of the molecule is CN1CCN(C(=O)c2cc3cc(c2)Nc2nccc(n2)-c2cccc(c2)OC/C=C\C3)CC1. The number of allylic oxidation sites excluding steroid dienone is 1. The fourth-order valence-electron chi connectivity index (χ4n) is 4.08. The maximum absolute atomic E-state index is 13.3. The average Bonchev–Trinajstić information content (AvgIpc) is 2.84. The van der Waals surface area contributed by atoms with Gasteiger partial charge < -0.3 is 19.9 Å². The van der Waals surface area contributed by atoms with Gasteiger partial charge in [-0.25, -0.2) is 9.97 Å². The van der Waals surface area contributed by atoms with Crippen LogP contribution in [0.5, 0.6) is 5.75 Å². The van der Waals surface area contributed by atoms with E-state index in [1.54, 1.807) is 6.20 Å². The van der Waals surface area contributed by atoms with Gasteiger partial charge in [-0.1, -0.05) is 24.3 Å². The van der Waals surface area contributed by atoms with Gasteiger partial charge in [0.15, 0.2) is 0 Å². The number of aromatic nitrogens is 2. The second-order valence-corrected chi connectivity index (χ2v) is 8.42. The molecule has 2 aliphatic heterocycles. The van der Waals surface area contributed by atoms with Crippen LogP contribution in [0.2, 0.25) is 0 Å². The summed E-state index contributed by atoms with van der Waals surface area (Å²) in [5.74, 6) is 1.34. The fraction of sp³-hybridized carbons (Fsp3) is 0.269. The van der Waals surface area contributed by atoms with Gasteiger partial charge in [0.25, 0.3) is 5.91 Å². The molecule has 6 bridgehead atoms. The molecule has 0 saturated carbocycles. The van der Waals surface area contributed by atoms with Crippen LogP contribution in [0.1, 0.15) is 15.9 Å². The number of anilines is 2. The minimum Gasteiger partial charge on any atom is -0.490 e. The number of carbonyl (C=O) groups excluding carboxylic acids is 1. The van der Waals surface area contributed by atoms with Gasteiger partial charge in [-0.3, -0.25) is 4.79 Å². The number of rotatable bonds is 1. The van der Waals surface area contributed by atoms with E-state index >= 15 is 0 Å². The van der Waals surface area contributed by atoms with Crippen molar-refractivity contribution in [3.05, 3.63) is 78.0 Å². The highest BCUT2D eigenvalue weighted by molar-refractivity contribution is 5.95. The smallest absolute Gasteiger partial charge is 0.254 e. The largest absolute Gasteiger partial charge is 0.490 e. The van der Waals surface area contributed by atoms with Gasteiger partial charge in [0.2, 0.25) is 5.95 Å². The molecule has 1 fully saturated rings. The van der Waals surface area contributed by atoms with Gasteiger partial charge in [0, 0.05) is 49.2 Å². The lowest BCUT2D eigenvalue weighted by molar-refractivity contribution is 0.0664. The number of ether oxygens (including phenoxy) is 1. The van der Waals surface area contributed by atoms with Gasteiger partial charge >= 0.3 is 0 Å². The Morgan fingerprint density at radius 1 is 1.03 bits per heavy atom. The zero-order chi connectivity index (χ0) is 22.6. The second kappa shape index (κ2) is 9.42. The molecule has 1 saturated heterocycles. The molecule has 0 aliphatic carbocycles. The van der Waals surface area contributed by atoms with Crippen molar-refractivity contribution in [2.75, 3.05) is 45.2 Å². The summed E-state index contributed by atoms with van der Waals surface area (Å²) in [4.78, 5) is 26.5. The number of fused-ring (bicyclic) bond motifs is 7. The van der Waals surface area contributed by atoms with E-state index in [-0.39, 0.29) is 5.91 Å². The first-order chi connectivity index (χ1) is 16.1. The Labute approximate surface area is 193 Å². The number of amides is 1. The Hall–Kier alpha value is -3.71. The van der Waals surface area contributed by atoms with Crippen LogP contribution >= 0.6 is 0 Å². The number of nitrogens with zero attached hydrogens (tertiary/aromatic N) is 4. The molecule has 0 unspecified atom stereocenters. The highest BCUT2D eigenvalue weighted by Gasteiger charge is 2.21. The van der Waals surface area contributed by atoms with Gasteiger partial charge in [0.1, 0.15) is 12.4 Å². The Kier molecular flexibility index (Phi) is 6.04. The lowest BCUT2D eigenvalue weighted by Crippen LogP contribution is -2.47. The summed E-state index contributed by atoms with van der Waals surface area (Å²) in [6.45, 7) is 3.73. The molecule has 7 heteroatoms. The molecule has 1 N–H and O–H groups in total. The number of nitrogens with one attached hydrogen (secondary N) is 1. The molecular weight excluding hydrogens is 414 g/mol. The molecule has 1 aromatic heterocycles. The topological polar surface area (TPSA) is 70.6 Å². The minimum atomic E-state index is 0.0592. The van der Waals surface area contributed by atoms with E-state index in [1.165, 1.54) is 0 Å². The van der Waals surface area contributed by atoms with Crippen molar-refractivity contribution < 1.29 is 9.53 Å². The van der Waals surface area contributed by atoms with E-state index in [0.29, 0.717) is 24.5 Å². The predicted molar refractivity (Wildman–Crippen MR) is 129 cm³/mol. The first-order valence-corrected chi connectivity index (χ1v) is 11.2. The average molecular weight is 442 g/mol. The zero-order valence-electron chi connectivity index (χ0n) is 18.7. The summed E-state index contributed by atoms with van der Waals surface area (Å²) in [6, 6.07) is 15.7. The summed E-state index contributed by atoms with van der Waals surface area (Å²) in [5, 5.41) is 3.31. The molecule has 1 amide bonds. The van der Waals surface area contributed by atoms with Gasteiger partial charge in [0.05, 0.1) is 5.69 Å². The van der Waals surface area contributed by atoms with Crippen LogP contribution in [0.4, 0.5) is 11.6 Å². The predicted octanol–water partition coefficient (Wildman–Crippen LogP) is 3.77. The first-order valence-electron chi connectivity index (χ1n) is 11.2. The number of likely N-dealkylation sites (N-methyl/N-ethyl adjacent to an activating group) is 1. The van der Waals surface area contributed by atoms with Crippen LogP contribution in [-0.4, -0.2) is 65.5 Å². The quantitative estimate of drug-likeness (QED) is 0.580. The summed E-state index contributed by atoms with van der Waals surface area (Å²) in [7, 11) is 2.09. The second-order valence-electron chi connectivity index (χ2n) is 8.42. The van der Waals surface area contributed by atoms with Crippen molar-refractivity contribution in [3.8, 4) is 17.0 Å². The third-order valence-corrected chi connectivity index (χ3v) is 5.94. The molecule has 3 heterocycles. The Balaban J connectivity index is 1.49. The van der Waals surface area contributed by atoms with E-state index < -0.39 is 0 Å². The normalized spacial score (nSPS) is 17.2. The van der Waals surface area contributed by atoms with Crippen LogP contribution in [0, 0.1) is 0 Å². The zero-order valence-corrected chi connectivity index (χ0v) is 18.7. The molecule has 2 aliphatic rings. The molecule has 0 atom stereocenters. The number of piperazine rings is 1. The first kappa shape index (κ1) is 21.2. The standard InChI is InChI=1S/C26H27N5O2/c1-30-10-12-31(13-11-30)25(32)21-15-19-5-2-3-14-33-23-7-4-6-20(18-23)24-8-9-27-26(29-24)28-22(16-19)17-21/h2-4,6-9,15-18H,5,10-14H2,1H3,(H,27,28,29)/b3-2-. The van der Waals surface area contributed by atoms with E-state index in [0.717, 1.165) is 54.4 Å². The molecule has 7 nitrogen and oxygen atoms in total. The third kappa shape index (κ3) is 5.04. The van der Waals surface area contributed by atoms with E-state index in [1.807, 2.05) is 59.5 Å².